The number of pyridine rings is 1. The van der Waals surface area contributed by atoms with Crippen molar-refractivity contribution < 1.29 is 4.52 Å². The summed E-state index contributed by atoms with van der Waals surface area (Å²) in [6, 6.07) is 7.43. The molecular weight excluding hydrogens is 347 g/mol. The number of nitrogens with two attached hydrogens (primary N) is 1. The number of hydrogen-bond acceptors (Lipinski definition) is 5. The summed E-state index contributed by atoms with van der Waals surface area (Å²) < 4.78 is 5.22. The summed E-state index contributed by atoms with van der Waals surface area (Å²) in [6.45, 7) is 4.31. The highest BCUT2D eigenvalue weighted by atomic mass is 35.5. The molecule has 0 spiro atoms. The highest BCUT2D eigenvalue weighted by Gasteiger charge is 2.13. The van der Waals surface area contributed by atoms with Crippen LogP contribution in [0.15, 0.2) is 35.0 Å². The van der Waals surface area contributed by atoms with E-state index in [1.807, 2.05) is 32.0 Å². The summed E-state index contributed by atoms with van der Waals surface area (Å²) in [5, 5.41) is 8.30. The van der Waals surface area contributed by atoms with Gasteiger partial charge in [-0.1, -0.05) is 34.4 Å². The Hall–Kier alpha value is -2.24. The Morgan fingerprint density at radius 2 is 1.96 bits per heavy atom. The molecule has 0 amide bonds. The average Bonchev–Trinajstić information content (AvgIpc) is 2.89. The van der Waals surface area contributed by atoms with Crippen molar-refractivity contribution in [3.8, 4) is 11.1 Å². The molecule has 3 N–H and O–H groups in total. The Labute approximate surface area is 149 Å². The third-order valence-electron chi connectivity index (χ3n) is 3.71. The second-order valence-electron chi connectivity index (χ2n) is 5.46. The van der Waals surface area contributed by atoms with E-state index >= 15 is 0 Å². The van der Waals surface area contributed by atoms with E-state index in [0.29, 0.717) is 22.4 Å². The first kappa shape index (κ1) is 16.6. The first-order chi connectivity index (χ1) is 11.5. The highest BCUT2D eigenvalue weighted by molar-refractivity contribution is 6.42. The molecule has 3 aromatic rings. The fourth-order valence-electron chi connectivity index (χ4n) is 2.50. The lowest BCUT2D eigenvalue weighted by Gasteiger charge is -2.11. The molecular formula is C17H16Cl2N4O. The summed E-state index contributed by atoms with van der Waals surface area (Å²) in [6.07, 6.45) is 1.71. The Morgan fingerprint density at radius 1 is 1.17 bits per heavy atom. The van der Waals surface area contributed by atoms with Crippen LogP contribution in [0.1, 0.15) is 17.0 Å². The molecule has 0 fully saturated rings. The molecule has 0 aliphatic rings. The number of nitrogens with one attached hydrogen (secondary N) is 1. The van der Waals surface area contributed by atoms with Crippen LogP contribution >= 0.6 is 23.2 Å². The average molecular weight is 363 g/mol. The zero-order valence-electron chi connectivity index (χ0n) is 13.2. The van der Waals surface area contributed by atoms with Crippen LogP contribution in [-0.4, -0.2) is 10.1 Å². The minimum absolute atomic E-state index is 0.422. The second-order valence-corrected chi connectivity index (χ2v) is 6.27. The minimum atomic E-state index is 0.422. The highest BCUT2D eigenvalue weighted by Crippen LogP contribution is 2.30. The molecule has 1 aromatic carbocycles. The Balaban J connectivity index is 1.85. The van der Waals surface area contributed by atoms with Crippen molar-refractivity contribution in [1.29, 1.82) is 0 Å². The Bertz CT molecular complexity index is 873. The summed E-state index contributed by atoms with van der Waals surface area (Å²) in [4.78, 5) is 4.26. The number of nitrogens with zero attached hydrogens (tertiary/aromatic N) is 2. The largest absolute Gasteiger partial charge is 0.382 e. The maximum atomic E-state index is 6.04. The van der Waals surface area contributed by atoms with Gasteiger partial charge in [0.25, 0.3) is 0 Å². The smallest absolute Gasteiger partial charge is 0.146 e. The first-order valence-electron chi connectivity index (χ1n) is 7.32. The van der Waals surface area contributed by atoms with E-state index in [-0.39, 0.29) is 0 Å². The van der Waals surface area contributed by atoms with Crippen molar-refractivity contribution >= 4 is 34.7 Å². The van der Waals surface area contributed by atoms with Crippen LogP contribution in [0.3, 0.4) is 0 Å². The van der Waals surface area contributed by atoms with Gasteiger partial charge < -0.3 is 15.6 Å². The van der Waals surface area contributed by atoms with Crippen LogP contribution in [-0.2, 0) is 6.54 Å². The molecule has 0 unspecified atom stereocenters. The lowest BCUT2D eigenvalue weighted by molar-refractivity contribution is 0.393. The predicted octanol–water partition coefficient (Wildman–Crippen LogP) is 4.85. The fraction of sp³-hybridized carbons (Fsp3) is 0.176. The Morgan fingerprint density at radius 3 is 2.62 bits per heavy atom. The molecule has 7 heteroatoms. The molecule has 124 valence electrons. The maximum absolute atomic E-state index is 6.04. The number of hydrogen-bond donors (Lipinski definition) is 2. The third kappa shape index (κ3) is 3.32. The monoisotopic (exact) mass is 362 g/mol. The van der Waals surface area contributed by atoms with E-state index in [0.717, 1.165) is 33.8 Å². The van der Waals surface area contributed by atoms with Gasteiger partial charge in [0.15, 0.2) is 0 Å². The minimum Gasteiger partial charge on any atom is -0.382 e. The van der Waals surface area contributed by atoms with Gasteiger partial charge in [-0.3, -0.25) is 0 Å². The lowest BCUT2D eigenvalue weighted by Crippen LogP contribution is -2.04. The SMILES string of the molecule is Cc1noc(C)c1-c1cnc(N)c(NCc2ccc(Cl)c(Cl)c2)c1. The summed E-state index contributed by atoms with van der Waals surface area (Å²) in [7, 11) is 0. The lowest BCUT2D eigenvalue weighted by atomic mass is 10.1. The number of aryl methyl sites for hydroxylation is 2. The zero-order valence-corrected chi connectivity index (χ0v) is 14.7. The van der Waals surface area contributed by atoms with E-state index in [9.17, 15) is 0 Å². The number of benzene rings is 1. The zero-order chi connectivity index (χ0) is 17.3. The molecule has 3 rings (SSSR count). The van der Waals surface area contributed by atoms with Crippen molar-refractivity contribution in [2.45, 2.75) is 20.4 Å². The third-order valence-corrected chi connectivity index (χ3v) is 4.45. The normalized spacial score (nSPS) is 10.8. The molecule has 2 aromatic heterocycles. The van der Waals surface area contributed by atoms with Crippen molar-refractivity contribution in [3.05, 3.63) is 57.5 Å². The molecule has 0 bridgehead atoms. The van der Waals surface area contributed by atoms with E-state index in [1.54, 1.807) is 12.3 Å². The van der Waals surface area contributed by atoms with Gasteiger partial charge in [-0.05, 0) is 37.6 Å². The van der Waals surface area contributed by atoms with Gasteiger partial charge in [-0.15, -0.1) is 0 Å². The van der Waals surface area contributed by atoms with Crippen LogP contribution in [0.5, 0.6) is 0 Å². The quantitative estimate of drug-likeness (QED) is 0.693. The van der Waals surface area contributed by atoms with Crippen molar-refractivity contribution in [1.82, 2.24) is 10.1 Å². The van der Waals surface area contributed by atoms with Crippen molar-refractivity contribution in [2.75, 3.05) is 11.1 Å². The van der Waals surface area contributed by atoms with Gasteiger partial charge in [0.05, 0.1) is 21.4 Å². The topological polar surface area (TPSA) is 77.0 Å². The fourth-order valence-corrected chi connectivity index (χ4v) is 2.82. The molecule has 0 saturated heterocycles. The van der Waals surface area contributed by atoms with Gasteiger partial charge in [0, 0.05) is 23.9 Å². The summed E-state index contributed by atoms with van der Waals surface area (Å²) in [5.41, 5.74) is 10.3. The molecule has 24 heavy (non-hydrogen) atoms. The van der Waals surface area contributed by atoms with Crippen molar-refractivity contribution in [2.24, 2.45) is 0 Å². The van der Waals surface area contributed by atoms with E-state index in [1.165, 1.54) is 0 Å². The molecule has 0 aliphatic carbocycles. The molecule has 2 heterocycles. The van der Waals surface area contributed by atoms with E-state index < -0.39 is 0 Å². The second kappa shape index (κ2) is 6.71. The van der Waals surface area contributed by atoms with Gasteiger partial charge in [0.2, 0.25) is 0 Å². The molecule has 0 aliphatic heterocycles. The number of nitrogen functional groups attached to an aromatic ring is 1. The standard InChI is InChI=1S/C17H16Cl2N4O/c1-9-16(10(2)24-23-9)12-6-15(17(20)22-8-12)21-7-11-3-4-13(18)14(19)5-11/h3-6,8,21H,7H2,1-2H3,(H2,20,22). The maximum Gasteiger partial charge on any atom is 0.146 e. The van der Waals surface area contributed by atoms with E-state index in [4.69, 9.17) is 33.5 Å². The molecule has 0 radical (unpaired) electrons. The van der Waals surface area contributed by atoms with Crippen molar-refractivity contribution in [3.63, 3.8) is 0 Å². The van der Waals surface area contributed by atoms with Crippen LogP contribution in [0.25, 0.3) is 11.1 Å². The summed E-state index contributed by atoms with van der Waals surface area (Å²) >= 11 is 12.0. The molecule has 0 atom stereocenters. The van der Waals surface area contributed by atoms with Crippen LogP contribution in [0.4, 0.5) is 11.5 Å². The van der Waals surface area contributed by atoms with Gasteiger partial charge in [0.1, 0.15) is 11.6 Å². The predicted molar refractivity (Wildman–Crippen MR) is 97.4 cm³/mol. The van der Waals surface area contributed by atoms with Gasteiger partial charge >= 0.3 is 0 Å². The molecule has 5 nitrogen and oxygen atoms in total. The number of halogens is 2. The summed E-state index contributed by atoms with van der Waals surface area (Å²) in [5.74, 6) is 1.17. The van der Waals surface area contributed by atoms with Crippen LogP contribution < -0.4 is 11.1 Å². The van der Waals surface area contributed by atoms with Gasteiger partial charge in [-0.25, -0.2) is 4.98 Å². The van der Waals surface area contributed by atoms with Crippen LogP contribution in [0.2, 0.25) is 10.0 Å². The molecule has 0 saturated carbocycles. The number of anilines is 2. The van der Waals surface area contributed by atoms with Crippen LogP contribution in [0, 0.1) is 13.8 Å². The number of rotatable bonds is 4. The van der Waals surface area contributed by atoms with E-state index in [2.05, 4.69) is 15.5 Å². The Kier molecular flexibility index (Phi) is 4.64. The first-order valence-corrected chi connectivity index (χ1v) is 8.08. The van der Waals surface area contributed by atoms with Gasteiger partial charge in [-0.2, -0.15) is 0 Å². The number of aromatic nitrogens is 2.